The maximum Gasteiger partial charge on any atom is 0.236 e. The molecule has 112 valence electrons. The zero-order valence-electron chi connectivity index (χ0n) is 12.9. The maximum absolute atomic E-state index is 12.3. The molecule has 4 heteroatoms. The molecule has 1 amide bonds. The molecule has 2 nitrogen and oxygen atoms in total. The topological polar surface area (TPSA) is 29.1 Å². The van der Waals surface area contributed by atoms with Crippen LogP contribution in [-0.4, -0.2) is 17.2 Å². The van der Waals surface area contributed by atoms with Gasteiger partial charge in [0.05, 0.1) is 4.75 Å². The molecule has 0 atom stereocenters. The summed E-state index contributed by atoms with van der Waals surface area (Å²) in [6.45, 7) is 11.1. The van der Waals surface area contributed by atoms with E-state index in [9.17, 15) is 4.79 Å². The summed E-state index contributed by atoms with van der Waals surface area (Å²) in [5.41, 5.74) is 0.237. The number of halogens is 1. The Labute approximate surface area is 131 Å². The summed E-state index contributed by atoms with van der Waals surface area (Å²) in [6, 6.07) is 7.57. The number of carbonyl (C=O) groups is 1. The molecule has 0 saturated heterocycles. The average molecular weight is 314 g/mol. The van der Waals surface area contributed by atoms with Crippen LogP contribution >= 0.6 is 23.4 Å². The van der Waals surface area contributed by atoms with E-state index in [0.29, 0.717) is 11.6 Å². The third-order valence-electron chi connectivity index (χ3n) is 2.89. The zero-order valence-corrected chi connectivity index (χ0v) is 14.5. The summed E-state index contributed by atoms with van der Waals surface area (Å²) in [5, 5.41) is 3.74. The molecule has 20 heavy (non-hydrogen) atoms. The molecule has 0 aliphatic carbocycles. The van der Waals surface area contributed by atoms with Crippen molar-refractivity contribution in [3.8, 4) is 0 Å². The molecule has 0 saturated carbocycles. The maximum atomic E-state index is 12.3. The lowest BCUT2D eigenvalue weighted by molar-refractivity contribution is -0.122. The number of carbonyl (C=O) groups excluding carboxylic acids is 1. The van der Waals surface area contributed by atoms with Crippen LogP contribution in [0.25, 0.3) is 0 Å². The number of benzene rings is 1. The number of nitrogens with one attached hydrogen (secondary N) is 1. The van der Waals surface area contributed by atoms with E-state index in [0.717, 1.165) is 11.3 Å². The first-order valence-corrected chi connectivity index (χ1v) is 8.02. The zero-order chi connectivity index (χ0) is 15.4. The van der Waals surface area contributed by atoms with Gasteiger partial charge in [-0.05, 0) is 49.9 Å². The molecule has 0 spiro atoms. The monoisotopic (exact) mass is 313 g/mol. The van der Waals surface area contributed by atoms with E-state index in [1.165, 1.54) is 0 Å². The van der Waals surface area contributed by atoms with Crippen LogP contribution < -0.4 is 5.32 Å². The normalized spacial score (nSPS) is 12.3. The van der Waals surface area contributed by atoms with Gasteiger partial charge >= 0.3 is 0 Å². The molecule has 1 rings (SSSR count). The Morgan fingerprint density at radius 3 is 2.20 bits per heavy atom. The SMILES string of the molecule is CC(C)(C)CCNC(=O)C(C)(C)Sc1ccc(Cl)cc1. The van der Waals surface area contributed by atoms with Crippen LogP contribution in [0.4, 0.5) is 0 Å². The van der Waals surface area contributed by atoms with Crippen molar-refractivity contribution in [1.82, 2.24) is 5.32 Å². The van der Waals surface area contributed by atoms with Crippen LogP contribution in [-0.2, 0) is 4.79 Å². The fourth-order valence-electron chi connectivity index (χ4n) is 1.61. The Hall–Kier alpha value is -0.670. The molecular formula is C16H24ClNOS. The van der Waals surface area contributed by atoms with Crippen LogP contribution in [0.15, 0.2) is 29.2 Å². The smallest absolute Gasteiger partial charge is 0.236 e. The minimum Gasteiger partial charge on any atom is -0.355 e. The van der Waals surface area contributed by atoms with Crippen LogP contribution in [0.2, 0.25) is 5.02 Å². The van der Waals surface area contributed by atoms with E-state index in [1.54, 1.807) is 11.8 Å². The first-order chi connectivity index (χ1) is 9.10. The predicted octanol–water partition coefficient (Wildman–Crippen LogP) is 4.76. The van der Waals surface area contributed by atoms with Crippen molar-refractivity contribution in [3.63, 3.8) is 0 Å². The number of hydrogen-bond acceptors (Lipinski definition) is 2. The Bertz CT molecular complexity index is 449. The molecule has 0 fully saturated rings. The van der Waals surface area contributed by atoms with E-state index < -0.39 is 4.75 Å². The van der Waals surface area contributed by atoms with Gasteiger partial charge in [-0.25, -0.2) is 0 Å². The number of amides is 1. The lowest BCUT2D eigenvalue weighted by atomic mass is 9.92. The van der Waals surface area contributed by atoms with Crippen molar-refractivity contribution in [2.75, 3.05) is 6.54 Å². The second-order valence-electron chi connectivity index (χ2n) is 6.63. The van der Waals surface area contributed by atoms with E-state index in [4.69, 9.17) is 11.6 Å². The molecule has 1 N–H and O–H groups in total. The van der Waals surface area contributed by atoms with E-state index in [1.807, 2.05) is 38.1 Å². The largest absolute Gasteiger partial charge is 0.355 e. The Balaban J connectivity index is 2.54. The minimum absolute atomic E-state index is 0.0710. The highest BCUT2D eigenvalue weighted by atomic mass is 35.5. The molecular weight excluding hydrogens is 290 g/mol. The minimum atomic E-state index is -0.494. The van der Waals surface area contributed by atoms with Gasteiger partial charge in [0.15, 0.2) is 0 Å². The van der Waals surface area contributed by atoms with Crippen LogP contribution in [0, 0.1) is 5.41 Å². The predicted molar refractivity (Wildman–Crippen MR) is 88.5 cm³/mol. The van der Waals surface area contributed by atoms with Gasteiger partial charge in [0.2, 0.25) is 5.91 Å². The van der Waals surface area contributed by atoms with Crippen molar-refractivity contribution in [1.29, 1.82) is 0 Å². The molecule has 0 radical (unpaired) electrons. The quantitative estimate of drug-likeness (QED) is 0.794. The lowest BCUT2D eigenvalue weighted by Crippen LogP contribution is -2.40. The molecule has 0 unspecified atom stereocenters. The van der Waals surface area contributed by atoms with Gasteiger partial charge in [0, 0.05) is 16.5 Å². The van der Waals surface area contributed by atoms with Crippen molar-refractivity contribution >= 4 is 29.3 Å². The van der Waals surface area contributed by atoms with E-state index in [-0.39, 0.29) is 11.3 Å². The fourth-order valence-corrected chi connectivity index (χ4v) is 2.76. The van der Waals surface area contributed by atoms with Gasteiger partial charge in [0.25, 0.3) is 0 Å². The van der Waals surface area contributed by atoms with Gasteiger partial charge in [-0.15, -0.1) is 11.8 Å². The van der Waals surface area contributed by atoms with Gasteiger partial charge in [-0.3, -0.25) is 4.79 Å². The molecule has 0 aliphatic heterocycles. The molecule has 1 aromatic carbocycles. The molecule has 1 aromatic rings. The van der Waals surface area contributed by atoms with Crippen LogP contribution in [0.3, 0.4) is 0 Å². The van der Waals surface area contributed by atoms with Gasteiger partial charge < -0.3 is 5.32 Å². The van der Waals surface area contributed by atoms with E-state index in [2.05, 4.69) is 26.1 Å². The summed E-state index contributed by atoms with van der Waals surface area (Å²) in [5.74, 6) is 0.0710. The highest BCUT2D eigenvalue weighted by molar-refractivity contribution is 8.01. The summed E-state index contributed by atoms with van der Waals surface area (Å²) >= 11 is 7.42. The second-order valence-corrected chi connectivity index (χ2v) is 8.77. The Morgan fingerprint density at radius 2 is 1.70 bits per heavy atom. The number of hydrogen-bond donors (Lipinski definition) is 1. The van der Waals surface area contributed by atoms with Crippen molar-refractivity contribution in [2.24, 2.45) is 5.41 Å². The summed E-state index contributed by atoms with van der Waals surface area (Å²) in [4.78, 5) is 13.3. The van der Waals surface area contributed by atoms with E-state index >= 15 is 0 Å². The van der Waals surface area contributed by atoms with Crippen molar-refractivity contribution in [3.05, 3.63) is 29.3 Å². The third-order valence-corrected chi connectivity index (χ3v) is 4.35. The summed E-state index contributed by atoms with van der Waals surface area (Å²) in [6.07, 6.45) is 0.973. The van der Waals surface area contributed by atoms with Crippen molar-refractivity contribution < 1.29 is 4.79 Å². The first-order valence-electron chi connectivity index (χ1n) is 6.83. The molecule has 0 bridgehead atoms. The van der Waals surface area contributed by atoms with Crippen molar-refractivity contribution in [2.45, 2.75) is 50.7 Å². The average Bonchev–Trinajstić information content (AvgIpc) is 2.30. The van der Waals surface area contributed by atoms with Crippen LogP contribution in [0.1, 0.15) is 41.0 Å². The first kappa shape index (κ1) is 17.4. The fraction of sp³-hybridized carbons (Fsp3) is 0.562. The van der Waals surface area contributed by atoms with Crippen LogP contribution in [0.5, 0.6) is 0 Å². The second kappa shape index (κ2) is 6.86. The summed E-state index contributed by atoms with van der Waals surface area (Å²) in [7, 11) is 0. The highest BCUT2D eigenvalue weighted by Crippen LogP contribution is 2.33. The lowest BCUT2D eigenvalue weighted by Gasteiger charge is -2.25. The Kier molecular flexibility index (Phi) is 5.96. The number of rotatable bonds is 5. The molecule has 0 heterocycles. The van der Waals surface area contributed by atoms with Gasteiger partial charge in [0.1, 0.15) is 0 Å². The Morgan fingerprint density at radius 1 is 1.15 bits per heavy atom. The number of thioether (sulfide) groups is 1. The molecule has 0 aromatic heterocycles. The molecule has 0 aliphatic rings. The standard InChI is InChI=1S/C16H24ClNOS/c1-15(2,3)10-11-18-14(19)16(4,5)20-13-8-6-12(17)7-9-13/h6-9H,10-11H2,1-5H3,(H,18,19). The van der Waals surface area contributed by atoms with Gasteiger partial charge in [-0.1, -0.05) is 32.4 Å². The third kappa shape index (κ3) is 6.19. The highest BCUT2D eigenvalue weighted by Gasteiger charge is 2.28. The summed E-state index contributed by atoms with van der Waals surface area (Å²) < 4.78 is -0.494. The van der Waals surface area contributed by atoms with Gasteiger partial charge in [-0.2, -0.15) is 0 Å².